The molecule has 1 unspecified atom stereocenters. The maximum Gasteiger partial charge on any atom is 0.407 e. The first-order valence-electron chi connectivity index (χ1n) is 15.6. The lowest BCUT2D eigenvalue weighted by molar-refractivity contribution is 0.00191. The van der Waals surface area contributed by atoms with Gasteiger partial charge in [0.2, 0.25) is 0 Å². The molecule has 2 aliphatic heterocycles. The van der Waals surface area contributed by atoms with E-state index in [0.717, 1.165) is 70.4 Å². The molecule has 1 aromatic heterocycles. The minimum Gasteiger partial charge on any atom is -0.446 e. The number of hydrogen-bond acceptors (Lipinski definition) is 5. The number of halogens is 1. The van der Waals surface area contributed by atoms with Gasteiger partial charge in [0.25, 0.3) is 0 Å². The van der Waals surface area contributed by atoms with E-state index in [9.17, 15) is 9.18 Å². The predicted molar refractivity (Wildman–Crippen MR) is 163 cm³/mol. The van der Waals surface area contributed by atoms with Gasteiger partial charge in [-0.15, -0.1) is 0 Å². The highest BCUT2D eigenvalue weighted by Crippen LogP contribution is 2.52. The quantitative estimate of drug-likeness (QED) is 0.359. The van der Waals surface area contributed by atoms with Crippen LogP contribution in [0.5, 0.6) is 0 Å². The van der Waals surface area contributed by atoms with Crippen molar-refractivity contribution in [3.05, 3.63) is 84.2 Å². The van der Waals surface area contributed by atoms with E-state index in [-0.39, 0.29) is 23.3 Å². The van der Waals surface area contributed by atoms with Crippen molar-refractivity contribution in [2.45, 2.75) is 57.1 Å². The molecule has 2 saturated heterocycles. The first-order chi connectivity index (χ1) is 20.4. The monoisotopic (exact) mass is 573 g/mol. The Kier molecular flexibility index (Phi) is 8.52. The smallest absolute Gasteiger partial charge is 0.407 e. The minimum absolute atomic E-state index is 0.0882. The summed E-state index contributed by atoms with van der Waals surface area (Å²) in [5, 5.41) is 2.64. The van der Waals surface area contributed by atoms with E-state index in [4.69, 9.17) is 4.74 Å². The summed E-state index contributed by atoms with van der Waals surface area (Å²) in [4.78, 5) is 21.9. The number of aromatic nitrogens is 2. The third-order valence-corrected chi connectivity index (χ3v) is 10.1. The normalized spacial score (nSPS) is 23.4. The van der Waals surface area contributed by atoms with E-state index in [0.29, 0.717) is 18.4 Å². The average Bonchev–Trinajstić information content (AvgIpc) is 3.67. The molecule has 224 valence electrons. The van der Waals surface area contributed by atoms with E-state index in [1.807, 2.05) is 24.8 Å². The zero-order valence-electron chi connectivity index (χ0n) is 24.9. The molecule has 6 rings (SSSR count). The molecule has 3 aliphatic rings. The fourth-order valence-corrected chi connectivity index (χ4v) is 8.05. The van der Waals surface area contributed by atoms with Crippen LogP contribution in [-0.2, 0) is 16.7 Å². The number of imidazole rings is 1. The van der Waals surface area contributed by atoms with Crippen molar-refractivity contribution in [2.24, 2.45) is 17.8 Å². The first kappa shape index (κ1) is 28.7. The maximum absolute atomic E-state index is 14.9. The topological polar surface area (TPSA) is 62.6 Å². The molecule has 2 aromatic carbocycles. The van der Waals surface area contributed by atoms with Gasteiger partial charge in [-0.2, -0.15) is 0 Å². The van der Waals surface area contributed by atoms with Gasteiger partial charge in [0.15, 0.2) is 0 Å². The molecule has 0 spiro atoms. The number of alkyl carbamates (subject to hydrolysis) is 1. The molecule has 1 amide bonds. The van der Waals surface area contributed by atoms with E-state index in [1.54, 1.807) is 13.1 Å². The van der Waals surface area contributed by atoms with Crippen molar-refractivity contribution in [2.75, 3.05) is 44.7 Å². The molecular formula is C34H44FN5O2. The fraction of sp³-hybridized carbons (Fsp3) is 0.529. The number of aryl methyl sites for hydroxylation is 1. The zero-order valence-corrected chi connectivity index (χ0v) is 24.9. The van der Waals surface area contributed by atoms with Crippen molar-refractivity contribution in [3.8, 4) is 0 Å². The van der Waals surface area contributed by atoms with Crippen LogP contribution in [0, 0.1) is 30.5 Å². The van der Waals surface area contributed by atoms with Gasteiger partial charge >= 0.3 is 6.09 Å². The number of likely N-dealkylation sites (tertiary alicyclic amines) is 1. The molecule has 0 radical (unpaired) electrons. The van der Waals surface area contributed by atoms with E-state index in [2.05, 4.69) is 61.9 Å². The van der Waals surface area contributed by atoms with Crippen LogP contribution in [0.25, 0.3) is 0 Å². The summed E-state index contributed by atoms with van der Waals surface area (Å²) in [7, 11) is 1.61. The molecule has 1 aliphatic carbocycles. The number of rotatable bonds is 9. The summed E-state index contributed by atoms with van der Waals surface area (Å²) in [5.41, 5.74) is 3.24. The summed E-state index contributed by atoms with van der Waals surface area (Å²) >= 11 is 0. The van der Waals surface area contributed by atoms with Crippen molar-refractivity contribution in [1.82, 2.24) is 19.8 Å². The number of piperidine rings is 1. The molecule has 3 fully saturated rings. The van der Waals surface area contributed by atoms with Gasteiger partial charge in [0, 0.05) is 68.6 Å². The molecule has 0 bridgehead atoms. The Labute approximate surface area is 249 Å². The maximum atomic E-state index is 14.9. The molecule has 3 atom stereocenters. The van der Waals surface area contributed by atoms with E-state index < -0.39 is 6.09 Å². The van der Waals surface area contributed by atoms with Crippen LogP contribution in [0.3, 0.4) is 0 Å². The summed E-state index contributed by atoms with van der Waals surface area (Å²) < 4.78 is 23.0. The lowest BCUT2D eigenvalue weighted by Crippen LogP contribution is -2.55. The summed E-state index contributed by atoms with van der Waals surface area (Å²) in [6.07, 6.45) is 9.91. The van der Waals surface area contributed by atoms with Gasteiger partial charge in [-0.3, -0.25) is 0 Å². The van der Waals surface area contributed by atoms with Crippen LogP contribution < -0.4 is 10.2 Å². The van der Waals surface area contributed by atoms with Crippen LogP contribution in [0.1, 0.15) is 43.2 Å². The van der Waals surface area contributed by atoms with Crippen LogP contribution in [-0.4, -0.2) is 66.4 Å². The Morgan fingerprint density at radius 2 is 1.88 bits per heavy atom. The Balaban J connectivity index is 1.22. The largest absolute Gasteiger partial charge is 0.446 e. The lowest BCUT2D eigenvalue weighted by Gasteiger charge is -2.51. The summed E-state index contributed by atoms with van der Waals surface area (Å²) in [6, 6.07) is 16.0. The van der Waals surface area contributed by atoms with Gasteiger partial charge in [-0.1, -0.05) is 29.8 Å². The van der Waals surface area contributed by atoms with Gasteiger partial charge in [-0.05, 0) is 87.9 Å². The molecule has 1 saturated carbocycles. The first-order valence-corrected chi connectivity index (χ1v) is 15.6. The Morgan fingerprint density at radius 1 is 1.10 bits per heavy atom. The highest BCUT2D eigenvalue weighted by atomic mass is 19.1. The van der Waals surface area contributed by atoms with Crippen molar-refractivity contribution >= 4 is 11.8 Å². The number of carbonyl (C=O) groups is 1. The number of ether oxygens (including phenoxy) is 1. The second-order valence-electron chi connectivity index (χ2n) is 12.7. The fourth-order valence-electron chi connectivity index (χ4n) is 8.05. The van der Waals surface area contributed by atoms with E-state index >= 15 is 0 Å². The third kappa shape index (κ3) is 5.91. The number of hydrogen-bond donors (Lipinski definition) is 1. The Morgan fingerprint density at radius 3 is 2.57 bits per heavy atom. The standard InChI is InChI=1S/C34H44FN5O2/c1-25-9-11-30(12-10-25)40-21-26(22-40)20-38-16-13-27(14-17-38)34(23-39-18-15-37-24-39,28-5-3-6-29(35)19-28)31-7-4-8-32(31)42-33(41)36-2/h3,5-6,9-12,15,18-19,24,26-27,31-32H,4,7-8,13-14,16-17,20-23H2,1-2H3,(H,36,41)/t31-,32-,34?/m0/s1. The van der Waals surface area contributed by atoms with Gasteiger partial charge in [0.1, 0.15) is 11.9 Å². The molecule has 8 heteroatoms. The molecular weight excluding hydrogens is 529 g/mol. The SMILES string of the molecule is CNC(=O)O[C@H]1CCC[C@@H]1C(Cn1ccnc1)(c1cccc(F)c1)C1CCN(CC2CN(c3ccc(C)cc3)C2)CC1. The highest BCUT2D eigenvalue weighted by Gasteiger charge is 2.53. The number of anilines is 1. The van der Waals surface area contributed by atoms with Crippen molar-refractivity contribution < 1.29 is 13.9 Å². The average molecular weight is 574 g/mol. The third-order valence-electron chi connectivity index (χ3n) is 10.1. The number of benzene rings is 2. The summed E-state index contributed by atoms with van der Waals surface area (Å²) in [5.74, 6) is 0.874. The van der Waals surface area contributed by atoms with Gasteiger partial charge in [-0.25, -0.2) is 14.2 Å². The Hall–Kier alpha value is -3.39. The number of nitrogens with one attached hydrogen (secondary N) is 1. The number of amides is 1. The second kappa shape index (κ2) is 12.5. The second-order valence-corrected chi connectivity index (χ2v) is 12.7. The van der Waals surface area contributed by atoms with Crippen molar-refractivity contribution in [1.29, 1.82) is 0 Å². The predicted octanol–water partition coefficient (Wildman–Crippen LogP) is 5.64. The highest BCUT2D eigenvalue weighted by molar-refractivity contribution is 5.67. The van der Waals surface area contributed by atoms with Gasteiger partial charge in [0.05, 0.1) is 6.33 Å². The molecule has 1 N–H and O–H groups in total. The molecule has 42 heavy (non-hydrogen) atoms. The van der Waals surface area contributed by atoms with Crippen LogP contribution >= 0.6 is 0 Å². The van der Waals surface area contributed by atoms with Crippen LogP contribution in [0.15, 0.2) is 67.3 Å². The van der Waals surface area contributed by atoms with Crippen molar-refractivity contribution in [3.63, 3.8) is 0 Å². The van der Waals surface area contributed by atoms with E-state index in [1.165, 1.54) is 17.3 Å². The molecule has 3 heterocycles. The van der Waals surface area contributed by atoms with Gasteiger partial charge < -0.3 is 24.4 Å². The number of nitrogens with zero attached hydrogens (tertiary/aromatic N) is 4. The summed E-state index contributed by atoms with van der Waals surface area (Å²) in [6.45, 7) is 8.21. The number of carbonyl (C=O) groups excluding carboxylic acids is 1. The Bertz CT molecular complexity index is 1320. The van der Waals surface area contributed by atoms with Crippen LogP contribution in [0.4, 0.5) is 14.9 Å². The molecule has 7 nitrogen and oxygen atoms in total. The zero-order chi connectivity index (χ0) is 29.1. The van der Waals surface area contributed by atoms with Crippen LogP contribution in [0.2, 0.25) is 0 Å². The lowest BCUT2D eigenvalue weighted by atomic mass is 9.58. The minimum atomic E-state index is -0.391. The molecule has 3 aromatic rings.